The highest BCUT2D eigenvalue weighted by molar-refractivity contribution is 8.22. The average Bonchev–Trinajstić information content (AvgIpc) is 3.48. The molecular formula is C22H26O4S6. The number of esters is 2. The zero-order valence-corrected chi connectivity index (χ0v) is 22.4. The highest BCUT2D eigenvalue weighted by Gasteiger charge is 2.28. The van der Waals surface area contributed by atoms with Gasteiger partial charge in [-0.1, -0.05) is 19.2 Å². The van der Waals surface area contributed by atoms with Crippen molar-refractivity contribution in [1.29, 1.82) is 0 Å². The first kappa shape index (κ1) is 26.3. The lowest BCUT2D eigenvalue weighted by Gasteiger charge is -2.12. The van der Waals surface area contributed by atoms with Crippen molar-refractivity contribution in [2.24, 2.45) is 0 Å². The Morgan fingerprint density at radius 3 is 1.81 bits per heavy atom. The third kappa shape index (κ3) is 9.18. The molecule has 0 amide bonds. The van der Waals surface area contributed by atoms with E-state index >= 15 is 0 Å². The lowest BCUT2D eigenvalue weighted by molar-refractivity contribution is -0.138. The van der Waals surface area contributed by atoms with Crippen molar-refractivity contribution in [3.8, 4) is 0 Å². The van der Waals surface area contributed by atoms with Crippen LogP contribution in [0.2, 0.25) is 0 Å². The van der Waals surface area contributed by atoms with Crippen molar-refractivity contribution in [2.75, 3.05) is 36.2 Å². The summed E-state index contributed by atoms with van der Waals surface area (Å²) in [4.78, 5) is 25.0. The molecule has 2 heterocycles. The molecule has 2 aliphatic heterocycles. The number of carbonyl (C=O) groups is 2. The van der Waals surface area contributed by atoms with Crippen LogP contribution < -0.4 is 0 Å². The fourth-order valence-electron chi connectivity index (χ4n) is 2.82. The second-order valence-electron chi connectivity index (χ2n) is 6.81. The predicted molar refractivity (Wildman–Crippen MR) is 145 cm³/mol. The van der Waals surface area contributed by atoms with Crippen LogP contribution >= 0.6 is 70.6 Å². The molecule has 2 fully saturated rings. The van der Waals surface area contributed by atoms with Crippen molar-refractivity contribution in [3.05, 3.63) is 49.6 Å². The molecule has 32 heavy (non-hydrogen) atoms. The maximum Gasteiger partial charge on any atom is 0.330 e. The number of thioether (sulfide) groups is 6. The van der Waals surface area contributed by atoms with Gasteiger partial charge in [0.1, 0.15) is 13.2 Å². The first-order valence-electron chi connectivity index (χ1n) is 10.0. The van der Waals surface area contributed by atoms with Crippen LogP contribution in [-0.4, -0.2) is 67.8 Å². The van der Waals surface area contributed by atoms with E-state index in [1.807, 2.05) is 70.6 Å². The molecular weight excluding hydrogens is 521 g/mol. The number of benzene rings is 1. The molecule has 3 rings (SSSR count). The summed E-state index contributed by atoms with van der Waals surface area (Å²) in [5, 5.41) is 0.726. The van der Waals surface area contributed by atoms with Crippen LogP contribution in [0.15, 0.2) is 59.4 Å². The van der Waals surface area contributed by atoms with Gasteiger partial charge in [0, 0.05) is 55.5 Å². The van der Waals surface area contributed by atoms with Crippen molar-refractivity contribution < 1.29 is 19.1 Å². The Labute approximate surface area is 215 Å². The van der Waals surface area contributed by atoms with Crippen LogP contribution in [-0.2, 0) is 19.1 Å². The second kappa shape index (κ2) is 14.2. The maximum absolute atomic E-state index is 11.2. The third-order valence-electron chi connectivity index (χ3n) is 4.36. The van der Waals surface area contributed by atoms with Gasteiger partial charge in [-0.3, -0.25) is 0 Å². The van der Waals surface area contributed by atoms with Gasteiger partial charge in [-0.2, -0.15) is 0 Å². The van der Waals surface area contributed by atoms with E-state index in [-0.39, 0.29) is 11.9 Å². The molecule has 174 valence electrons. The Morgan fingerprint density at radius 2 is 1.38 bits per heavy atom. The lowest BCUT2D eigenvalue weighted by atomic mass is 10.4. The van der Waals surface area contributed by atoms with Gasteiger partial charge in [0.05, 0.1) is 9.16 Å². The summed E-state index contributed by atoms with van der Waals surface area (Å²) in [5.41, 5.74) is 0. The van der Waals surface area contributed by atoms with Gasteiger partial charge in [-0.05, 0) is 18.2 Å². The molecule has 0 spiro atoms. The van der Waals surface area contributed by atoms with E-state index in [1.165, 1.54) is 21.9 Å². The summed E-state index contributed by atoms with van der Waals surface area (Å²) >= 11 is 11.5. The van der Waals surface area contributed by atoms with Crippen molar-refractivity contribution in [2.45, 2.75) is 29.5 Å². The van der Waals surface area contributed by atoms with Gasteiger partial charge in [0.25, 0.3) is 0 Å². The molecule has 4 nitrogen and oxygen atoms in total. The van der Waals surface area contributed by atoms with E-state index in [1.54, 1.807) is 0 Å². The Hall–Kier alpha value is -0.260. The molecule has 1 aromatic rings. The summed E-state index contributed by atoms with van der Waals surface area (Å²) in [6, 6.07) is 8.75. The molecule has 0 radical (unpaired) electrons. The minimum Gasteiger partial charge on any atom is -0.461 e. The van der Waals surface area contributed by atoms with Crippen molar-refractivity contribution in [1.82, 2.24) is 0 Å². The SMILES string of the molecule is C=CC(=O)OCC1CSC(CSc2cccc(SCC3SCC(COC(=O)C=C)S3)c2)S1. The van der Waals surface area contributed by atoms with E-state index in [0.29, 0.717) is 32.9 Å². The van der Waals surface area contributed by atoms with Crippen LogP contribution in [0.3, 0.4) is 0 Å². The molecule has 0 bridgehead atoms. The zero-order chi connectivity index (χ0) is 22.8. The molecule has 0 aliphatic carbocycles. The molecule has 1 aromatic carbocycles. The molecule has 2 aliphatic rings. The fourth-order valence-corrected chi connectivity index (χ4v) is 11.9. The van der Waals surface area contributed by atoms with Gasteiger partial charge in [-0.15, -0.1) is 70.6 Å². The van der Waals surface area contributed by atoms with Gasteiger partial charge < -0.3 is 9.47 Å². The summed E-state index contributed by atoms with van der Waals surface area (Å²) in [5.74, 6) is 3.41. The number of carbonyl (C=O) groups excluding carboxylic acids is 2. The first-order valence-corrected chi connectivity index (χ1v) is 16.0. The molecule has 10 heteroatoms. The smallest absolute Gasteiger partial charge is 0.330 e. The Morgan fingerprint density at radius 1 is 0.906 bits per heavy atom. The molecule has 2 saturated heterocycles. The van der Waals surface area contributed by atoms with Crippen LogP contribution in [0.25, 0.3) is 0 Å². The standard InChI is InChI=1S/C22H26O4S6/c1-3-19(23)25-9-17-11-29-21(31-17)13-27-15-6-5-7-16(8-15)28-14-22-30-12-18(32-22)10-26-20(24)4-2/h3-8,17-18,21-22H,1-2,9-14H2. The molecule has 0 N–H and O–H groups in total. The van der Waals surface area contributed by atoms with Gasteiger partial charge >= 0.3 is 11.9 Å². The van der Waals surface area contributed by atoms with E-state index in [4.69, 9.17) is 9.47 Å². The van der Waals surface area contributed by atoms with Crippen molar-refractivity contribution in [3.63, 3.8) is 0 Å². The van der Waals surface area contributed by atoms with Crippen LogP contribution in [0.4, 0.5) is 0 Å². The molecule has 0 aromatic heterocycles. The van der Waals surface area contributed by atoms with E-state index in [0.717, 1.165) is 23.0 Å². The van der Waals surface area contributed by atoms with Gasteiger partial charge in [0.15, 0.2) is 0 Å². The largest absolute Gasteiger partial charge is 0.461 e. The topological polar surface area (TPSA) is 52.6 Å². The Kier molecular flexibility index (Phi) is 11.7. The number of rotatable bonds is 12. The number of hydrogen-bond donors (Lipinski definition) is 0. The van der Waals surface area contributed by atoms with Crippen LogP contribution in [0, 0.1) is 0 Å². The average molecular weight is 547 g/mol. The van der Waals surface area contributed by atoms with Gasteiger partial charge in [-0.25, -0.2) is 9.59 Å². The normalized spacial score (nSPS) is 24.8. The fraction of sp³-hybridized carbons (Fsp3) is 0.455. The highest BCUT2D eigenvalue weighted by atomic mass is 32.2. The van der Waals surface area contributed by atoms with Crippen molar-refractivity contribution >= 4 is 82.5 Å². The summed E-state index contributed by atoms with van der Waals surface area (Å²) in [6.07, 6.45) is 2.43. The molecule has 4 unspecified atom stereocenters. The third-order valence-corrected chi connectivity index (χ3v) is 13.9. The maximum atomic E-state index is 11.2. The summed E-state index contributed by atoms with van der Waals surface area (Å²) < 4.78 is 11.4. The number of hydrogen-bond acceptors (Lipinski definition) is 10. The lowest BCUT2D eigenvalue weighted by Crippen LogP contribution is -2.14. The summed E-state index contributed by atoms with van der Waals surface area (Å²) in [6.45, 7) is 7.79. The minimum atomic E-state index is -0.344. The monoisotopic (exact) mass is 546 g/mol. The second-order valence-corrected chi connectivity index (χ2v) is 15.1. The number of ether oxygens (including phenoxy) is 2. The predicted octanol–water partition coefficient (Wildman–Crippen LogP) is 5.68. The van der Waals surface area contributed by atoms with E-state index in [2.05, 4.69) is 37.4 Å². The highest BCUT2D eigenvalue weighted by Crippen LogP contribution is 2.42. The summed E-state index contributed by atoms with van der Waals surface area (Å²) in [7, 11) is 0. The zero-order valence-electron chi connectivity index (χ0n) is 17.5. The molecule has 0 saturated carbocycles. The Balaban J connectivity index is 1.35. The van der Waals surface area contributed by atoms with Crippen LogP contribution in [0.1, 0.15) is 0 Å². The Bertz CT molecular complexity index is 743. The first-order chi connectivity index (χ1) is 15.6. The van der Waals surface area contributed by atoms with E-state index < -0.39 is 0 Å². The van der Waals surface area contributed by atoms with Gasteiger partial charge in [0.2, 0.25) is 0 Å². The van der Waals surface area contributed by atoms with E-state index in [9.17, 15) is 9.59 Å². The van der Waals surface area contributed by atoms with Crippen LogP contribution in [0.5, 0.6) is 0 Å². The minimum absolute atomic E-state index is 0.344. The quantitative estimate of drug-likeness (QED) is 0.186. The molecule has 4 atom stereocenters.